The number of nitrogens with zero attached hydrogens (tertiary/aromatic N) is 1. The maximum atomic E-state index is 11.8. The molecule has 0 saturated heterocycles. The predicted molar refractivity (Wildman–Crippen MR) is 103 cm³/mol. The summed E-state index contributed by atoms with van der Waals surface area (Å²) in [5, 5.41) is 9.27. The lowest BCUT2D eigenvalue weighted by atomic mass is 9.96. The first-order valence-corrected chi connectivity index (χ1v) is 9.37. The number of rotatable bonds is 13. The van der Waals surface area contributed by atoms with E-state index in [1.54, 1.807) is 0 Å². The number of unbranched alkanes of at least 4 members (excludes halogenated alkanes) is 1. The van der Waals surface area contributed by atoms with Crippen LogP contribution in [0.5, 0.6) is 0 Å². The first kappa shape index (κ1) is 23.7. The average molecular weight is 359 g/mol. The monoisotopic (exact) mass is 358 g/mol. The first-order valence-electron chi connectivity index (χ1n) is 9.37. The smallest absolute Gasteiger partial charge is 0.225 e. The van der Waals surface area contributed by atoms with Crippen molar-refractivity contribution >= 4 is 11.9 Å². The summed E-state index contributed by atoms with van der Waals surface area (Å²) in [6.45, 7) is 15.0. The molecule has 0 radical (unpaired) electrons. The van der Waals surface area contributed by atoms with Crippen molar-refractivity contribution in [3.63, 3.8) is 0 Å². The Kier molecular flexibility index (Phi) is 14.2. The Hall–Kier alpha value is -1.34. The Morgan fingerprint density at radius 3 is 2.16 bits per heavy atom. The first-order chi connectivity index (χ1) is 11.9. The fraction of sp³-hybridized carbons (Fsp3) is 0.889. The third kappa shape index (κ3) is 14.7. The van der Waals surface area contributed by atoms with Gasteiger partial charge in [-0.1, -0.05) is 34.1 Å². The van der Waals surface area contributed by atoms with E-state index in [2.05, 4.69) is 27.9 Å². The van der Waals surface area contributed by atoms with Crippen molar-refractivity contribution in [1.29, 1.82) is 0 Å². The van der Waals surface area contributed by atoms with Gasteiger partial charge in [-0.2, -0.15) is 0 Å². The lowest BCUT2D eigenvalue weighted by molar-refractivity contribution is -0.128. The number of hydrogen-bond acceptors (Lipinski definition) is 4. The summed E-state index contributed by atoms with van der Waals surface area (Å²) in [6.07, 6.45) is 2.24. The van der Waals surface area contributed by atoms with E-state index in [0.29, 0.717) is 39.5 Å². The predicted octanol–water partition coefficient (Wildman–Crippen LogP) is 1.54. The van der Waals surface area contributed by atoms with Gasteiger partial charge in [0.15, 0.2) is 5.96 Å². The highest BCUT2D eigenvalue weighted by atomic mass is 16.5. The lowest BCUT2D eigenvalue weighted by Gasteiger charge is -2.18. The van der Waals surface area contributed by atoms with Gasteiger partial charge in [-0.15, -0.1) is 0 Å². The topological polar surface area (TPSA) is 84.0 Å². The summed E-state index contributed by atoms with van der Waals surface area (Å²) >= 11 is 0. The standard InChI is InChI=1S/C18H38N4O3/c1-6-8-12-24-14-15-25-13-11-22-17(19-7-2)21-10-9-20-16(23)18(3,4)5/h6-15H2,1-5H3,(H,20,23)(H2,19,21,22). The summed E-state index contributed by atoms with van der Waals surface area (Å²) in [6, 6.07) is 0. The molecule has 0 aromatic heterocycles. The lowest BCUT2D eigenvalue weighted by Crippen LogP contribution is -2.43. The number of aliphatic imine (C=N–C) groups is 1. The molecule has 1 amide bonds. The van der Waals surface area contributed by atoms with Gasteiger partial charge >= 0.3 is 0 Å². The van der Waals surface area contributed by atoms with Gasteiger partial charge < -0.3 is 25.4 Å². The SMILES string of the molecule is CCCCOCCOCCN=C(NCC)NCCNC(=O)C(C)(C)C. The average Bonchev–Trinajstić information content (AvgIpc) is 2.55. The van der Waals surface area contributed by atoms with Gasteiger partial charge in [0.05, 0.1) is 26.4 Å². The molecule has 0 heterocycles. The van der Waals surface area contributed by atoms with E-state index in [1.807, 2.05) is 27.7 Å². The Morgan fingerprint density at radius 2 is 1.56 bits per heavy atom. The minimum Gasteiger partial charge on any atom is -0.379 e. The van der Waals surface area contributed by atoms with Crippen LogP contribution in [0.15, 0.2) is 4.99 Å². The molecule has 0 aromatic rings. The molecule has 0 unspecified atom stereocenters. The van der Waals surface area contributed by atoms with Crippen molar-refractivity contribution in [3.05, 3.63) is 0 Å². The highest BCUT2D eigenvalue weighted by Crippen LogP contribution is 2.11. The number of hydrogen-bond donors (Lipinski definition) is 3. The molecule has 25 heavy (non-hydrogen) atoms. The van der Waals surface area contributed by atoms with Crippen molar-refractivity contribution in [2.75, 3.05) is 52.6 Å². The van der Waals surface area contributed by atoms with Crippen molar-refractivity contribution in [2.24, 2.45) is 10.4 Å². The molecule has 0 atom stereocenters. The van der Waals surface area contributed by atoms with Gasteiger partial charge in [-0.05, 0) is 13.3 Å². The summed E-state index contributed by atoms with van der Waals surface area (Å²) in [5.41, 5.74) is -0.365. The van der Waals surface area contributed by atoms with E-state index >= 15 is 0 Å². The molecule has 7 heteroatoms. The van der Waals surface area contributed by atoms with E-state index in [1.165, 1.54) is 0 Å². The summed E-state index contributed by atoms with van der Waals surface area (Å²) in [5.74, 6) is 0.779. The number of guanidine groups is 1. The molecule has 0 rings (SSSR count). The minimum absolute atomic E-state index is 0.0470. The van der Waals surface area contributed by atoms with Crippen molar-refractivity contribution in [3.8, 4) is 0 Å². The zero-order valence-electron chi connectivity index (χ0n) is 16.7. The van der Waals surface area contributed by atoms with Gasteiger partial charge in [-0.3, -0.25) is 9.79 Å². The number of ether oxygens (including phenoxy) is 2. The van der Waals surface area contributed by atoms with Gasteiger partial charge in [0.1, 0.15) is 0 Å². The van der Waals surface area contributed by atoms with Gasteiger partial charge in [0, 0.05) is 31.7 Å². The summed E-state index contributed by atoms with van der Waals surface area (Å²) in [7, 11) is 0. The zero-order valence-corrected chi connectivity index (χ0v) is 16.7. The van der Waals surface area contributed by atoms with Gasteiger partial charge in [-0.25, -0.2) is 0 Å². The Morgan fingerprint density at radius 1 is 0.920 bits per heavy atom. The number of amides is 1. The van der Waals surface area contributed by atoms with E-state index < -0.39 is 0 Å². The van der Waals surface area contributed by atoms with Crippen LogP contribution in [0, 0.1) is 5.41 Å². The van der Waals surface area contributed by atoms with Crippen LogP contribution < -0.4 is 16.0 Å². The maximum Gasteiger partial charge on any atom is 0.225 e. The Bertz CT molecular complexity index is 368. The highest BCUT2D eigenvalue weighted by molar-refractivity contribution is 5.81. The summed E-state index contributed by atoms with van der Waals surface area (Å²) < 4.78 is 10.9. The van der Waals surface area contributed by atoms with Gasteiger partial charge in [0.25, 0.3) is 0 Å². The summed E-state index contributed by atoms with van der Waals surface area (Å²) in [4.78, 5) is 16.2. The number of carbonyl (C=O) groups excluding carboxylic acids is 1. The molecule has 3 N–H and O–H groups in total. The van der Waals surface area contributed by atoms with Crippen LogP contribution in [0.3, 0.4) is 0 Å². The van der Waals surface area contributed by atoms with Crippen LogP contribution in [-0.4, -0.2) is 64.5 Å². The molecule has 0 fully saturated rings. The minimum atomic E-state index is -0.365. The zero-order chi connectivity index (χ0) is 19.0. The van der Waals surface area contributed by atoms with Crippen LogP contribution in [0.4, 0.5) is 0 Å². The van der Waals surface area contributed by atoms with Crippen LogP contribution in [0.2, 0.25) is 0 Å². The van der Waals surface area contributed by atoms with E-state index in [-0.39, 0.29) is 11.3 Å². The fourth-order valence-electron chi connectivity index (χ4n) is 1.75. The molecule has 0 bridgehead atoms. The molecule has 0 aromatic carbocycles. The fourth-order valence-corrected chi connectivity index (χ4v) is 1.75. The molecule has 0 aliphatic heterocycles. The normalized spacial score (nSPS) is 12.1. The van der Waals surface area contributed by atoms with Crippen LogP contribution in [0.25, 0.3) is 0 Å². The van der Waals surface area contributed by atoms with Crippen LogP contribution >= 0.6 is 0 Å². The second-order valence-electron chi connectivity index (χ2n) is 6.77. The molecule has 148 valence electrons. The van der Waals surface area contributed by atoms with Crippen molar-refractivity contribution in [1.82, 2.24) is 16.0 Å². The molecule has 0 aliphatic rings. The third-order valence-corrected chi connectivity index (χ3v) is 3.25. The van der Waals surface area contributed by atoms with Crippen molar-refractivity contribution in [2.45, 2.75) is 47.5 Å². The quantitative estimate of drug-likeness (QED) is 0.264. The van der Waals surface area contributed by atoms with E-state index in [9.17, 15) is 4.79 Å². The van der Waals surface area contributed by atoms with Gasteiger partial charge in [0.2, 0.25) is 5.91 Å². The van der Waals surface area contributed by atoms with Crippen LogP contribution in [-0.2, 0) is 14.3 Å². The molecule has 0 saturated carbocycles. The molecule has 0 aliphatic carbocycles. The Labute approximate surface area is 153 Å². The number of nitrogens with one attached hydrogen (secondary N) is 3. The van der Waals surface area contributed by atoms with E-state index in [4.69, 9.17) is 9.47 Å². The third-order valence-electron chi connectivity index (χ3n) is 3.25. The van der Waals surface area contributed by atoms with Crippen LogP contribution in [0.1, 0.15) is 47.5 Å². The van der Waals surface area contributed by atoms with E-state index in [0.717, 1.165) is 32.0 Å². The second-order valence-corrected chi connectivity index (χ2v) is 6.77. The molecular weight excluding hydrogens is 320 g/mol. The Balaban J connectivity index is 3.81. The highest BCUT2D eigenvalue weighted by Gasteiger charge is 2.20. The largest absolute Gasteiger partial charge is 0.379 e. The number of carbonyl (C=O) groups is 1. The molecule has 0 spiro atoms. The van der Waals surface area contributed by atoms with Crippen molar-refractivity contribution < 1.29 is 14.3 Å². The molecular formula is C18H38N4O3. The maximum absolute atomic E-state index is 11.8. The molecule has 7 nitrogen and oxygen atoms in total. The second kappa shape index (κ2) is 15.0.